The first kappa shape index (κ1) is 5.74. The van der Waals surface area contributed by atoms with Crippen LogP contribution in [-0.2, 0) is 0 Å². The summed E-state index contributed by atoms with van der Waals surface area (Å²) < 4.78 is 0. The fraction of sp³-hybridized carbons (Fsp3) is 0. The van der Waals surface area contributed by atoms with Crippen molar-refractivity contribution in [3.63, 3.8) is 0 Å². The monoisotopic (exact) mass is 98.0 g/mol. The van der Waals surface area contributed by atoms with Crippen LogP contribution >= 0.6 is 0 Å². The molecule has 0 amide bonds. The Bertz CT molecular complexity index is 82.3. The van der Waals surface area contributed by atoms with E-state index in [9.17, 15) is 0 Å². The molecule has 0 saturated heterocycles. The van der Waals surface area contributed by atoms with E-state index in [1.807, 2.05) is 0 Å². The van der Waals surface area contributed by atoms with Crippen LogP contribution in [0.15, 0.2) is 0 Å². The van der Waals surface area contributed by atoms with Crippen molar-refractivity contribution >= 4 is 11.9 Å². The Kier molecular flexibility index (Phi) is 1.65. The maximum absolute atomic E-state index is 6.26. The predicted octanol–water partition coefficient (Wildman–Crippen LogP) is -0.974. The molecule has 0 aliphatic carbocycles. The van der Waals surface area contributed by atoms with Crippen LogP contribution < -0.4 is 16.8 Å². The van der Waals surface area contributed by atoms with E-state index in [0.29, 0.717) is 0 Å². The molecule has 0 aliphatic rings. The molecule has 0 spiro atoms. The minimum Gasteiger partial charge on any atom is -0.266 e. The zero-order chi connectivity index (χ0) is 5.86. The fourth-order valence-corrected chi connectivity index (χ4v) is 0.112. The van der Waals surface area contributed by atoms with E-state index < -0.39 is 11.9 Å². The van der Waals surface area contributed by atoms with Crippen molar-refractivity contribution in [1.82, 2.24) is 16.8 Å². The minimum atomic E-state index is -0.750. The maximum atomic E-state index is 6.26. The van der Waals surface area contributed by atoms with Gasteiger partial charge in [-0.2, -0.15) is 5.32 Å². The third-order valence-corrected chi connectivity index (χ3v) is 0.224. The Morgan fingerprint density at radius 1 is 1.00 bits per heavy atom. The molecule has 0 bridgehead atoms. The van der Waals surface area contributed by atoms with Gasteiger partial charge in [-0.3, -0.25) is 22.3 Å². The van der Waals surface area contributed by atoms with Crippen LogP contribution in [-0.4, -0.2) is 11.9 Å². The van der Waals surface area contributed by atoms with E-state index in [-0.39, 0.29) is 0 Å². The van der Waals surface area contributed by atoms with Gasteiger partial charge in [-0.15, -0.1) is 0 Å². The summed E-state index contributed by atoms with van der Waals surface area (Å²) in [6.45, 7) is 0. The van der Waals surface area contributed by atoms with Gasteiger partial charge in [0.15, 0.2) is 0 Å². The SMILES string of the molecule is [NH]C(=N)[N]C([NH])=N. The molecule has 4 N–H and O–H groups in total. The van der Waals surface area contributed by atoms with Gasteiger partial charge in [-0.25, -0.2) is 0 Å². The van der Waals surface area contributed by atoms with Crippen LogP contribution in [0.4, 0.5) is 0 Å². The largest absolute Gasteiger partial charge is 0.266 e. The molecule has 0 aliphatic heterocycles. The Labute approximate surface area is 40.7 Å². The van der Waals surface area contributed by atoms with Crippen molar-refractivity contribution in [2.24, 2.45) is 0 Å². The van der Waals surface area contributed by atoms with Gasteiger partial charge in [0.2, 0.25) is 11.9 Å². The second-order valence-electron chi connectivity index (χ2n) is 0.809. The molecule has 0 heterocycles. The lowest BCUT2D eigenvalue weighted by atomic mass is 10.9. The van der Waals surface area contributed by atoms with E-state index in [0.717, 1.165) is 0 Å². The highest BCUT2D eigenvalue weighted by Crippen LogP contribution is 1.55. The van der Waals surface area contributed by atoms with Crippen LogP contribution in [0, 0.1) is 10.8 Å². The molecule has 0 fully saturated rings. The smallest absolute Gasteiger partial charge is 0.237 e. The molecule has 0 aromatic carbocycles. The van der Waals surface area contributed by atoms with E-state index in [1.165, 1.54) is 0 Å². The molecule has 3 radical (unpaired) electrons. The molecule has 0 aromatic heterocycles. The van der Waals surface area contributed by atoms with Crippen LogP contribution in [0.5, 0.6) is 0 Å². The molecule has 5 nitrogen and oxygen atoms in total. The number of rotatable bonds is 0. The lowest BCUT2D eigenvalue weighted by Crippen LogP contribution is -2.22. The molecule has 0 atom stereocenters. The van der Waals surface area contributed by atoms with Gasteiger partial charge < -0.3 is 0 Å². The van der Waals surface area contributed by atoms with Gasteiger partial charge in [-0.1, -0.05) is 0 Å². The Balaban J connectivity index is 3.32. The molecular formula is C2H4N5. The molecule has 0 aromatic rings. The van der Waals surface area contributed by atoms with Gasteiger partial charge >= 0.3 is 0 Å². The first-order chi connectivity index (χ1) is 3.13. The van der Waals surface area contributed by atoms with Crippen LogP contribution in [0.2, 0.25) is 0 Å². The summed E-state index contributed by atoms with van der Waals surface area (Å²) in [4.78, 5) is 0. The van der Waals surface area contributed by atoms with E-state index in [1.54, 1.807) is 0 Å². The summed E-state index contributed by atoms with van der Waals surface area (Å²) in [6, 6.07) is 0. The highest BCUT2D eigenvalue weighted by Gasteiger charge is 1.90. The lowest BCUT2D eigenvalue weighted by Gasteiger charge is -1.87. The van der Waals surface area contributed by atoms with E-state index in [2.05, 4.69) is 5.32 Å². The molecule has 0 unspecified atom stereocenters. The van der Waals surface area contributed by atoms with Crippen LogP contribution in [0.1, 0.15) is 0 Å². The molecule has 0 rings (SSSR count). The minimum absolute atomic E-state index is 0.750. The lowest BCUT2D eigenvalue weighted by molar-refractivity contribution is 1.15. The van der Waals surface area contributed by atoms with Crippen molar-refractivity contribution < 1.29 is 0 Å². The Morgan fingerprint density at radius 3 is 1.29 bits per heavy atom. The quantitative estimate of drug-likeness (QED) is 0.287. The van der Waals surface area contributed by atoms with Crippen molar-refractivity contribution in [3.05, 3.63) is 0 Å². The number of nitrogens with zero attached hydrogens (tertiary/aromatic N) is 1. The standard InChI is InChI=1S/C2H4N5/c3-1(4)7-2(5)6/h3-6H. The molecule has 37 valence electrons. The first-order valence-corrected chi connectivity index (χ1v) is 1.45. The number of guanidine groups is 2. The third-order valence-electron chi connectivity index (χ3n) is 0.224. The number of hydrogen-bond acceptors (Lipinski definition) is 2. The Hall–Kier alpha value is -1.26. The van der Waals surface area contributed by atoms with Crippen molar-refractivity contribution in [1.29, 1.82) is 10.8 Å². The molecule has 5 heteroatoms. The third kappa shape index (κ3) is 4.74. The van der Waals surface area contributed by atoms with Gasteiger partial charge in [-0.05, 0) is 0 Å². The first-order valence-electron chi connectivity index (χ1n) is 1.45. The second-order valence-corrected chi connectivity index (χ2v) is 0.809. The average Bonchev–Trinajstić information content (AvgIpc) is 1.27. The molecule has 7 heavy (non-hydrogen) atoms. The second kappa shape index (κ2) is 2.01. The fourth-order valence-electron chi connectivity index (χ4n) is 0.112. The average molecular weight is 98.1 g/mol. The highest BCUT2D eigenvalue weighted by atomic mass is 15.1. The van der Waals surface area contributed by atoms with Gasteiger partial charge in [0.05, 0.1) is 0 Å². The van der Waals surface area contributed by atoms with Crippen LogP contribution in [0.3, 0.4) is 0 Å². The van der Waals surface area contributed by atoms with Crippen LogP contribution in [0.25, 0.3) is 0 Å². The van der Waals surface area contributed by atoms with Crippen molar-refractivity contribution in [3.8, 4) is 0 Å². The summed E-state index contributed by atoms with van der Waals surface area (Å²) in [5.41, 5.74) is 12.5. The van der Waals surface area contributed by atoms with Gasteiger partial charge in [0.25, 0.3) is 0 Å². The summed E-state index contributed by atoms with van der Waals surface area (Å²) in [5, 5.41) is 15.3. The zero-order valence-electron chi connectivity index (χ0n) is 3.45. The summed E-state index contributed by atoms with van der Waals surface area (Å²) in [7, 11) is 0. The topological polar surface area (TPSA) is 109 Å². The van der Waals surface area contributed by atoms with E-state index >= 15 is 0 Å². The summed E-state index contributed by atoms with van der Waals surface area (Å²) in [5.74, 6) is -1.50. The molecule has 0 saturated carbocycles. The van der Waals surface area contributed by atoms with Gasteiger partial charge in [0, 0.05) is 0 Å². The Morgan fingerprint density at radius 2 is 1.29 bits per heavy atom. The number of nitrogens with one attached hydrogen (secondary N) is 4. The predicted molar refractivity (Wildman–Crippen MR) is 23.8 cm³/mol. The van der Waals surface area contributed by atoms with Crippen molar-refractivity contribution in [2.75, 3.05) is 0 Å². The highest BCUT2D eigenvalue weighted by molar-refractivity contribution is 5.92. The summed E-state index contributed by atoms with van der Waals surface area (Å²) in [6.07, 6.45) is 0. The maximum Gasteiger partial charge on any atom is 0.237 e. The zero-order valence-corrected chi connectivity index (χ0v) is 3.45. The number of hydrogen-bond donors (Lipinski definition) is 2. The van der Waals surface area contributed by atoms with E-state index in [4.69, 9.17) is 22.3 Å². The molecular weight excluding hydrogens is 94.1 g/mol. The van der Waals surface area contributed by atoms with Gasteiger partial charge in [0.1, 0.15) is 0 Å². The normalized spacial score (nSPS) is 7.43. The summed E-state index contributed by atoms with van der Waals surface area (Å²) >= 11 is 0. The van der Waals surface area contributed by atoms with Crippen molar-refractivity contribution in [2.45, 2.75) is 0 Å².